The zero-order valence-electron chi connectivity index (χ0n) is 11.2. The molecule has 0 unspecified atom stereocenters. The van der Waals surface area contributed by atoms with Crippen molar-refractivity contribution in [2.24, 2.45) is 0 Å². The SMILES string of the molecule is CC(=O)c1c[nH]c(C(=O)N[C@@H](C)c2ccccc2Cl)c1. The topological polar surface area (TPSA) is 62.0 Å². The van der Waals surface area contributed by atoms with E-state index in [1.807, 2.05) is 25.1 Å². The summed E-state index contributed by atoms with van der Waals surface area (Å²) >= 11 is 6.09. The van der Waals surface area contributed by atoms with Crippen molar-refractivity contribution in [3.05, 3.63) is 58.4 Å². The number of carbonyl (C=O) groups excluding carboxylic acids is 2. The highest BCUT2D eigenvalue weighted by atomic mass is 35.5. The van der Waals surface area contributed by atoms with Crippen molar-refractivity contribution in [2.45, 2.75) is 19.9 Å². The Bertz CT molecular complexity index is 649. The standard InChI is InChI=1S/C15H15ClN2O2/c1-9(12-5-3-4-6-13(12)16)18-15(20)14-7-11(8-17-14)10(2)19/h3-9,17H,1-2H3,(H,18,20)/t9-/m0/s1. The highest BCUT2D eigenvalue weighted by Gasteiger charge is 2.15. The number of amides is 1. The molecule has 1 heterocycles. The van der Waals surface area contributed by atoms with Gasteiger partial charge in [-0.25, -0.2) is 0 Å². The molecule has 2 aromatic rings. The second kappa shape index (κ2) is 5.92. The molecule has 1 amide bonds. The van der Waals surface area contributed by atoms with Gasteiger partial charge in [0.1, 0.15) is 5.69 Å². The molecule has 0 spiro atoms. The molecule has 2 rings (SSSR count). The van der Waals surface area contributed by atoms with Crippen molar-refractivity contribution in [1.29, 1.82) is 0 Å². The van der Waals surface area contributed by atoms with Gasteiger partial charge in [0.05, 0.1) is 6.04 Å². The first-order valence-corrected chi connectivity index (χ1v) is 6.61. The molecular weight excluding hydrogens is 276 g/mol. The van der Waals surface area contributed by atoms with Crippen LogP contribution in [0.5, 0.6) is 0 Å². The van der Waals surface area contributed by atoms with E-state index in [1.165, 1.54) is 19.2 Å². The molecule has 5 heteroatoms. The van der Waals surface area contributed by atoms with Crippen LogP contribution in [0.4, 0.5) is 0 Å². The van der Waals surface area contributed by atoms with Gasteiger partial charge in [0, 0.05) is 16.8 Å². The number of carbonyl (C=O) groups is 2. The summed E-state index contributed by atoms with van der Waals surface area (Å²) < 4.78 is 0. The van der Waals surface area contributed by atoms with Gasteiger partial charge in [-0.2, -0.15) is 0 Å². The molecule has 1 aromatic carbocycles. The summed E-state index contributed by atoms with van der Waals surface area (Å²) in [6.07, 6.45) is 1.53. The van der Waals surface area contributed by atoms with Crippen LogP contribution in [-0.4, -0.2) is 16.7 Å². The summed E-state index contributed by atoms with van der Waals surface area (Å²) in [4.78, 5) is 26.1. The second-order valence-electron chi connectivity index (χ2n) is 4.57. The van der Waals surface area contributed by atoms with E-state index in [0.29, 0.717) is 16.3 Å². The smallest absolute Gasteiger partial charge is 0.268 e. The van der Waals surface area contributed by atoms with Crippen LogP contribution in [0.25, 0.3) is 0 Å². The van der Waals surface area contributed by atoms with Crippen molar-refractivity contribution < 1.29 is 9.59 Å². The summed E-state index contributed by atoms with van der Waals surface area (Å²) in [6, 6.07) is 8.67. The predicted octanol–water partition coefficient (Wildman–Crippen LogP) is 3.36. The number of Topliss-reactive ketones (excluding diaryl/α,β-unsaturated/α-hetero) is 1. The largest absolute Gasteiger partial charge is 0.356 e. The third-order valence-electron chi connectivity index (χ3n) is 3.05. The Labute approximate surface area is 122 Å². The summed E-state index contributed by atoms with van der Waals surface area (Å²) in [5.74, 6) is -0.357. The van der Waals surface area contributed by atoms with Gasteiger partial charge in [0.2, 0.25) is 0 Å². The van der Waals surface area contributed by atoms with Crippen LogP contribution in [-0.2, 0) is 0 Å². The molecule has 0 radical (unpaired) electrons. The lowest BCUT2D eigenvalue weighted by atomic mass is 10.1. The maximum atomic E-state index is 12.1. The minimum absolute atomic E-state index is 0.0838. The van der Waals surface area contributed by atoms with Gasteiger partial charge in [-0.15, -0.1) is 0 Å². The second-order valence-corrected chi connectivity index (χ2v) is 4.98. The van der Waals surface area contributed by atoms with E-state index in [-0.39, 0.29) is 17.7 Å². The molecule has 2 N–H and O–H groups in total. The number of ketones is 1. The summed E-state index contributed by atoms with van der Waals surface area (Å²) in [6.45, 7) is 3.31. The summed E-state index contributed by atoms with van der Waals surface area (Å²) in [7, 11) is 0. The van der Waals surface area contributed by atoms with E-state index in [0.717, 1.165) is 5.56 Å². The number of benzene rings is 1. The highest BCUT2D eigenvalue weighted by molar-refractivity contribution is 6.31. The molecule has 0 aliphatic carbocycles. The van der Waals surface area contributed by atoms with Gasteiger partial charge in [-0.05, 0) is 31.5 Å². The molecule has 20 heavy (non-hydrogen) atoms. The lowest BCUT2D eigenvalue weighted by Gasteiger charge is -2.15. The normalized spacial score (nSPS) is 11.9. The van der Waals surface area contributed by atoms with E-state index in [2.05, 4.69) is 10.3 Å². The van der Waals surface area contributed by atoms with Crippen LogP contribution in [0, 0.1) is 0 Å². The monoisotopic (exact) mass is 290 g/mol. The number of hydrogen-bond donors (Lipinski definition) is 2. The fraction of sp³-hybridized carbons (Fsp3) is 0.200. The Morgan fingerprint density at radius 1 is 1.30 bits per heavy atom. The van der Waals surface area contributed by atoms with Gasteiger partial charge in [-0.3, -0.25) is 9.59 Å². The number of aromatic amines is 1. The molecule has 0 fully saturated rings. The number of aromatic nitrogens is 1. The number of hydrogen-bond acceptors (Lipinski definition) is 2. The Kier molecular flexibility index (Phi) is 4.25. The minimum Gasteiger partial charge on any atom is -0.356 e. The van der Waals surface area contributed by atoms with Crippen LogP contribution < -0.4 is 5.32 Å². The molecule has 4 nitrogen and oxygen atoms in total. The first-order chi connectivity index (χ1) is 9.49. The van der Waals surface area contributed by atoms with Crippen molar-refractivity contribution in [1.82, 2.24) is 10.3 Å². The summed E-state index contributed by atoms with van der Waals surface area (Å²) in [5, 5.41) is 3.45. The van der Waals surface area contributed by atoms with Gasteiger partial charge >= 0.3 is 0 Å². The Morgan fingerprint density at radius 2 is 2.00 bits per heavy atom. The average Bonchev–Trinajstić information content (AvgIpc) is 2.88. The third-order valence-corrected chi connectivity index (χ3v) is 3.40. The molecule has 1 atom stereocenters. The van der Waals surface area contributed by atoms with Crippen LogP contribution in [0.3, 0.4) is 0 Å². The molecule has 0 saturated carbocycles. The van der Waals surface area contributed by atoms with Crippen molar-refractivity contribution in [3.63, 3.8) is 0 Å². The van der Waals surface area contributed by atoms with Crippen LogP contribution in [0.1, 0.15) is 46.3 Å². The Balaban J connectivity index is 2.11. The van der Waals surface area contributed by atoms with E-state index in [4.69, 9.17) is 11.6 Å². The molecule has 0 aliphatic rings. The molecule has 1 aromatic heterocycles. The van der Waals surface area contributed by atoms with E-state index in [1.54, 1.807) is 6.07 Å². The van der Waals surface area contributed by atoms with Gasteiger partial charge in [0.25, 0.3) is 5.91 Å². The van der Waals surface area contributed by atoms with E-state index < -0.39 is 0 Å². The van der Waals surface area contributed by atoms with Crippen molar-refractivity contribution >= 4 is 23.3 Å². The highest BCUT2D eigenvalue weighted by Crippen LogP contribution is 2.22. The summed E-state index contributed by atoms with van der Waals surface area (Å²) in [5.41, 5.74) is 1.69. The fourth-order valence-corrected chi connectivity index (χ4v) is 2.21. The Morgan fingerprint density at radius 3 is 2.60 bits per heavy atom. The quantitative estimate of drug-likeness (QED) is 0.848. The maximum absolute atomic E-state index is 12.1. The van der Waals surface area contributed by atoms with Crippen LogP contribution in [0.2, 0.25) is 5.02 Å². The average molecular weight is 291 g/mol. The van der Waals surface area contributed by atoms with Gasteiger partial charge in [0.15, 0.2) is 5.78 Å². The fourth-order valence-electron chi connectivity index (χ4n) is 1.91. The maximum Gasteiger partial charge on any atom is 0.268 e. The van der Waals surface area contributed by atoms with Gasteiger partial charge in [-0.1, -0.05) is 29.8 Å². The van der Waals surface area contributed by atoms with E-state index >= 15 is 0 Å². The van der Waals surface area contributed by atoms with Crippen molar-refractivity contribution in [2.75, 3.05) is 0 Å². The van der Waals surface area contributed by atoms with Gasteiger partial charge < -0.3 is 10.3 Å². The number of rotatable bonds is 4. The Hall–Kier alpha value is -2.07. The predicted molar refractivity (Wildman–Crippen MR) is 78.1 cm³/mol. The zero-order chi connectivity index (χ0) is 14.7. The first-order valence-electron chi connectivity index (χ1n) is 6.23. The number of H-pyrrole nitrogens is 1. The molecule has 0 saturated heterocycles. The molecule has 0 bridgehead atoms. The minimum atomic E-state index is -0.273. The molecule has 104 valence electrons. The molecular formula is C15H15ClN2O2. The van der Waals surface area contributed by atoms with Crippen LogP contribution in [0.15, 0.2) is 36.5 Å². The number of nitrogens with one attached hydrogen (secondary N) is 2. The number of halogens is 1. The third kappa shape index (κ3) is 3.08. The lowest BCUT2D eigenvalue weighted by Crippen LogP contribution is -2.27. The van der Waals surface area contributed by atoms with E-state index in [9.17, 15) is 9.59 Å². The first kappa shape index (κ1) is 14.3. The van der Waals surface area contributed by atoms with Crippen LogP contribution >= 0.6 is 11.6 Å². The zero-order valence-corrected chi connectivity index (χ0v) is 12.0. The molecule has 0 aliphatic heterocycles. The lowest BCUT2D eigenvalue weighted by molar-refractivity contribution is 0.0935. The van der Waals surface area contributed by atoms with Crippen molar-refractivity contribution in [3.8, 4) is 0 Å².